The van der Waals surface area contributed by atoms with Crippen LogP contribution >= 0.6 is 0 Å². The molecule has 4 aromatic rings. The van der Waals surface area contributed by atoms with E-state index in [0.29, 0.717) is 0 Å². The zero-order valence-corrected chi connectivity index (χ0v) is 10.9. The van der Waals surface area contributed by atoms with E-state index in [4.69, 9.17) is 0 Å². The molecule has 4 aromatic heterocycles. The highest BCUT2D eigenvalue weighted by Gasteiger charge is 2.33. The Morgan fingerprint density at radius 3 is 3.05 bits per heavy atom. The fourth-order valence-electron chi connectivity index (χ4n) is 3.15. The van der Waals surface area contributed by atoms with E-state index in [2.05, 4.69) is 41.6 Å². The van der Waals surface area contributed by atoms with Gasteiger partial charge in [0.05, 0.1) is 37.7 Å². The van der Waals surface area contributed by atoms with Crippen LogP contribution < -0.4 is 4.57 Å². The molecule has 6 nitrogen and oxygen atoms in total. The second-order valence-electron chi connectivity index (χ2n) is 5.07. The molecule has 1 aliphatic heterocycles. The fraction of sp³-hybridized carbons (Fsp3) is 0.143. The number of rotatable bonds is 0. The molecule has 0 saturated heterocycles. The van der Waals surface area contributed by atoms with Gasteiger partial charge in [-0.05, 0) is 6.07 Å². The van der Waals surface area contributed by atoms with Crippen molar-refractivity contribution in [1.29, 1.82) is 0 Å². The van der Waals surface area contributed by atoms with Gasteiger partial charge in [0, 0.05) is 18.0 Å². The number of aryl methyl sites for hydroxylation is 1. The Morgan fingerprint density at radius 1 is 1.20 bits per heavy atom. The van der Waals surface area contributed by atoms with Gasteiger partial charge >= 0.3 is 0 Å². The lowest BCUT2D eigenvalue weighted by Gasteiger charge is -1.95. The average Bonchev–Trinajstić information content (AvgIpc) is 3.10. The first kappa shape index (κ1) is 10.1. The lowest BCUT2D eigenvalue weighted by molar-refractivity contribution is -0.648. The minimum atomic E-state index is 0.862. The molecule has 0 atom stereocenters. The summed E-state index contributed by atoms with van der Waals surface area (Å²) in [4.78, 5) is 13.1. The minimum absolute atomic E-state index is 0.862. The summed E-state index contributed by atoms with van der Waals surface area (Å²) in [5.74, 6) is 1.16. The Morgan fingerprint density at radius 2 is 2.10 bits per heavy atom. The number of imidazole rings is 2. The topological polar surface area (TPSA) is 51.9 Å². The van der Waals surface area contributed by atoms with E-state index in [1.807, 2.05) is 18.6 Å². The van der Waals surface area contributed by atoms with Crippen LogP contribution in [0.3, 0.4) is 0 Å². The van der Waals surface area contributed by atoms with Gasteiger partial charge in [0.1, 0.15) is 0 Å². The molecule has 0 amide bonds. The van der Waals surface area contributed by atoms with E-state index < -0.39 is 0 Å². The largest absolute Gasteiger partial charge is 0.295 e. The third-order valence-electron chi connectivity index (χ3n) is 4.01. The molecule has 96 valence electrons. The number of hydrogen-bond acceptors (Lipinski definition) is 3. The third kappa shape index (κ3) is 1.01. The van der Waals surface area contributed by atoms with E-state index >= 15 is 0 Å². The van der Waals surface area contributed by atoms with Crippen molar-refractivity contribution in [2.75, 3.05) is 0 Å². The van der Waals surface area contributed by atoms with Gasteiger partial charge in [-0.3, -0.25) is 9.97 Å². The molecule has 0 fully saturated rings. The van der Waals surface area contributed by atoms with Crippen molar-refractivity contribution in [1.82, 2.24) is 23.9 Å². The Bertz CT molecular complexity index is 994. The van der Waals surface area contributed by atoms with Crippen LogP contribution in [-0.2, 0) is 13.6 Å². The van der Waals surface area contributed by atoms with Gasteiger partial charge in [-0.15, -0.1) is 0 Å². The zero-order chi connectivity index (χ0) is 13.3. The van der Waals surface area contributed by atoms with Gasteiger partial charge in [0.15, 0.2) is 0 Å². The predicted octanol–water partition coefficient (Wildman–Crippen LogP) is 0.932. The molecule has 0 saturated carbocycles. The van der Waals surface area contributed by atoms with Crippen LogP contribution in [0.4, 0.5) is 0 Å². The van der Waals surface area contributed by atoms with Crippen LogP contribution in [0.2, 0.25) is 0 Å². The molecule has 5 rings (SSSR count). The van der Waals surface area contributed by atoms with E-state index in [0.717, 1.165) is 29.3 Å². The van der Waals surface area contributed by atoms with E-state index in [9.17, 15) is 0 Å². The Kier molecular flexibility index (Phi) is 1.62. The van der Waals surface area contributed by atoms with Crippen LogP contribution in [0, 0.1) is 0 Å². The predicted molar refractivity (Wildman–Crippen MR) is 72.0 cm³/mol. The van der Waals surface area contributed by atoms with Gasteiger partial charge in [0.2, 0.25) is 11.5 Å². The van der Waals surface area contributed by atoms with Gasteiger partial charge < -0.3 is 0 Å². The summed E-state index contributed by atoms with van der Waals surface area (Å²) < 4.78 is 6.52. The van der Waals surface area contributed by atoms with Gasteiger partial charge in [-0.1, -0.05) is 0 Å². The van der Waals surface area contributed by atoms with Gasteiger partial charge in [-0.2, -0.15) is 4.98 Å². The smallest absolute Gasteiger partial charge is 0.264 e. The number of pyridine rings is 1. The van der Waals surface area contributed by atoms with Crippen molar-refractivity contribution in [2.45, 2.75) is 6.54 Å². The van der Waals surface area contributed by atoms with Crippen molar-refractivity contribution in [3.63, 3.8) is 0 Å². The van der Waals surface area contributed by atoms with Crippen LogP contribution in [0.15, 0.2) is 37.1 Å². The Labute approximate surface area is 114 Å². The van der Waals surface area contributed by atoms with Crippen LogP contribution in [-0.4, -0.2) is 23.9 Å². The molecule has 0 aromatic carbocycles. The maximum absolute atomic E-state index is 4.67. The molecular weight excluding hydrogens is 252 g/mol. The molecule has 0 unspecified atom stereocenters. The quantitative estimate of drug-likeness (QED) is 0.391. The van der Waals surface area contributed by atoms with Gasteiger partial charge in [-0.25, -0.2) is 13.5 Å². The maximum atomic E-state index is 4.67. The maximum Gasteiger partial charge on any atom is 0.295 e. The molecule has 5 heterocycles. The molecule has 1 aliphatic rings. The summed E-state index contributed by atoms with van der Waals surface area (Å²) in [6.07, 6.45) is 9.32. The summed E-state index contributed by atoms with van der Waals surface area (Å²) in [5, 5.41) is 0. The van der Waals surface area contributed by atoms with E-state index in [1.54, 1.807) is 12.4 Å². The number of nitrogens with zero attached hydrogens (tertiary/aromatic N) is 6. The zero-order valence-electron chi connectivity index (χ0n) is 10.9. The third-order valence-corrected chi connectivity index (χ3v) is 4.01. The first-order valence-corrected chi connectivity index (χ1v) is 6.48. The van der Waals surface area contributed by atoms with Crippen molar-refractivity contribution in [3.8, 4) is 11.4 Å². The molecular formula is C14H11N6+. The summed E-state index contributed by atoms with van der Waals surface area (Å²) in [5.41, 5.74) is 5.45. The summed E-state index contributed by atoms with van der Waals surface area (Å²) in [7, 11) is 2.05. The summed E-state index contributed by atoms with van der Waals surface area (Å²) >= 11 is 0. The van der Waals surface area contributed by atoms with Crippen LogP contribution in [0.5, 0.6) is 0 Å². The Hall–Kier alpha value is -2.76. The number of hydrogen-bond donors (Lipinski definition) is 0. The Balaban J connectivity index is 1.99. The lowest BCUT2D eigenvalue weighted by Crippen LogP contribution is -2.32. The average molecular weight is 263 g/mol. The standard InChI is InChI=1S/C14H11N6/c1-18-12-14(19-5-4-16-7-11(19)17-12)20-8-9-2-3-15-6-10(9)13(18)20/h2-7H,8H2,1H3/q+1. The first-order chi connectivity index (χ1) is 9.84. The number of fused-ring (bicyclic) bond motifs is 7. The molecule has 0 bridgehead atoms. The number of aromatic nitrogens is 6. The second-order valence-corrected chi connectivity index (χ2v) is 5.07. The van der Waals surface area contributed by atoms with Crippen molar-refractivity contribution < 1.29 is 4.57 Å². The van der Waals surface area contributed by atoms with Crippen molar-refractivity contribution >= 4 is 16.9 Å². The molecule has 6 heteroatoms. The summed E-state index contributed by atoms with van der Waals surface area (Å²) in [6, 6.07) is 2.08. The molecule has 20 heavy (non-hydrogen) atoms. The normalized spacial score (nSPS) is 13.1. The molecule has 0 aliphatic carbocycles. The second kappa shape index (κ2) is 3.22. The molecule has 0 spiro atoms. The molecule has 0 radical (unpaired) electrons. The van der Waals surface area contributed by atoms with Gasteiger partial charge in [0.25, 0.3) is 11.3 Å². The van der Waals surface area contributed by atoms with E-state index in [-0.39, 0.29) is 0 Å². The van der Waals surface area contributed by atoms with Crippen molar-refractivity contribution in [3.05, 3.63) is 42.6 Å². The highest BCUT2D eigenvalue weighted by atomic mass is 15.3. The SMILES string of the molecule is Cn1c2[n+](c3c1nc1cnccn13)Cc1ccncc1-2. The molecule has 0 N–H and O–H groups in total. The van der Waals surface area contributed by atoms with Crippen molar-refractivity contribution in [2.24, 2.45) is 7.05 Å². The first-order valence-electron chi connectivity index (χ1n) is 6.48. The highest BCUT2D eigenvalue weighted by Crippen LogP contribution is 2.29. The fourth-order valence-corrected chi connectivity index (χ4v) is 3.15. The lowest BCUT2D eigenvalue weighted by atomic mass is 10.2. The monoisotopic (exact) mass is 263 g/mol. The van der Waals surface area contributed by atoms with E-state index in [1.165, 1.54) is 11.1 Å². The summed E-state index contributed by atoms with van der Waals surface area (Å²) in [6.45, 7) is 0.862. The van der Waals surface area contributed by atoms with Crippen LogP contribution in [0.25, 0.3) is 28.3 Å². The minimum Gasteiger partial charge on any atom is -0.264 e. The van der Waals surface area contributed by atoms with Crippen LogP contribution in [0.1, 0.15) is 5.56 Å². The highest BCUT2D eigenvalue weighted by molar-refractivity contribution is 5.76.